The third-order valence-electron chi connectivity index (χ3n) is 4.46. The molecule has 0 aliphatic carbocycles. The van der Waals surface area contributed by atoms with Crippen LogP contribution in [0.3, 0.4) is 0 Å². The molecule has 3 aromatic rings. The fraction of sp³-hybridized carbons (Fsp3) is 0.211. The standard InChI is InChI=1S/C19H17N3O3S/c23-19(24)22-10-15(13-5-2-1-3-6-13)17(11-22)25-18-21-16(12-26-18)14-7-4-8-20-9-14/h1-9,12,15,17H,10-11H2,(H,23,24)/t15-,17+/m1/s1. The molecule has 1 saturated heterocycles. The van der Waals surface area contributed by atoms with E-state index in [1.54, 1.807) is 12.4 Å². The van der Waals surface area contributed by atoms with E-state index in [2.05, 4.69) is 9.97 Å². The Morgan fingerprint density at radius 2 is 2.04 bits per heavy atom. The monoisotopic (exact) mass is 367 g/mol. The van der Waals surface area contributed by atoms with Gasteiger partial charge in [0.15, 0.2) is 0 Å². The minimum absolute atomic E-state index is 0.0157. The highest BCUT2D eigenvalue weighted by Gasteiger charge is 2.38. The zero-order chi connectivity index (χ0) is 17.9. The van der Waals surface area contributed by atoms with Gasteiger partial charge in [-0.05, 0) is 17.7 Å². The number of thiazole rings is 1. The van der Waals surface area contributed by atoms with Gasteiger partial charge in [-0.2, -0.15) is 0 Å². The summed E-state index contributed by atoms with van der Waals surface area (Å²) in [7, 11) is 0. The zero-order valence-electron chi connectivity index (χ0n) is 13.9. The Labute approximate surface area is 154 Å². The molecular weight excluding hydrogens is 350 g/mol. The van der Waals surface area contributed by atoms with Crippen LogP contribution in [-0.4, -0.2) is 45.3 Å². The average Bonchev–Trinajstić information content (AvgIpc) is 3.31. The maximum absolute atomic E-state index is 11.4. The number of hydrogen-bond acceptors (Lipinski definition) is 5. The third-order valence-corrected chi connectivity index (χ3v) is 5.19. The van der Waals surface area contributed by atoms with E-state index < -0.39 is 6.09 Å². The van der Waals surface area contributed by atoms with E-state index in [1.165, 1.54) is 16.2 Å². The van der Waals surface area contributed by atoms with E-state index >= 15 is 0 Å². The smallest absolute Gasteiger partial charge is 0.407 e. The molecule has 0 spiro atoms. The lowest BCUT2D eigenvalue weighted by Crippen LogP contribution is -2.29. The molecule has 1 aliphatic heterocycles. The van der Waals surface area contributed by atoms with E-state index in [0.29, 0.717) is 18.3 Å². The molecule has 132 valence electrons. The van der Waals surface area contributed by atoms with Gasteiger partial charge in [0.1, 0.15) is 6.10 Å². The van der Waals surface area contributed by atoms with Gasteiger partial charge in [0, 0.05) is 35.8 Å². The number of carboxylic acid groups (broad SMARTS) is 1. The molecule has 1 amide bonds. The van der Waals surface area contributed by atoms with Crippen LogP contribution in [-0.2, 0) is 0 Å². The van der Waals surface area contributed by atoms with E-state index in [4.69, 9.17) is 4.74 Å². The second-order valence-electron chi connectivity index (χ2n) is 6.10. The highest BCUT2D eigenvalue weighted by molar-refractivity contribution is 7.11. The molecule has 0 bridgehead atoms. The molecule has 1 fully saturated rings. The molecule has 3 heterocycles. The third kappa shape index (κ3) is 3.39. The molecule has 26 heavy (non-hydrogen) atoms. The fourth-order valence-corrected chi connectivity index (χ4v) is 3.89. The number of ether oxygens (including phenoxy) is 1. The summed E-state index contributed by atoms with van der Waals surface area (Å²) in [5.74, 6) is -0.0157. The highest BCUT2D eigenvalue weighted by atomic mass is 32.1. The molecule has 1 N–H and O–H groups in total. The maximum Gasteiger partial charge on any atom is 0.407 e. The first kappa shape index (κ1) is 16.5. The van der Waals surface area contributed by atoms with Crippen LogP contribution in [0.1, 0.15) is 11.5 Å². The van der Waals surface area contributed by atoms with E-state index in [0.717, 1.165) is 16.8 Å². The molecule has 2 atom stereocenters. The first-order chi connectivity index (χ1) is 12.7. The predicted molar refractivity (Wildman–Crippen MR) is 98.5 cm³/mol. The number of likely N-dealkylation sites (tertiary alicyclic amines) is 1. The molecule has 1 aromatic carbocycles. The van der Waals surface area contributed by atoms with Crippen molar-refractivity contribution in [2.75, 3.05) is 13.1 Å². The van der Waals surface area contributed by atoms with Gasteiger partial charge in [-0.3, -0.25) is 4.98 Å². The van der Waals surface area contributed by atoms with E-state index in [1.807, 2.05) is 47.8 Å². The Hall–Kier alpha value is -2.93. The SMILES string of the molecule is O=C(O)N1C[C@H](Oc2nc(-c3cccnc3)cs2)[C@@H](c2ccccc2)C1. The normalized spacial score (nSPS) is 19.5. The van der Waals surface area contributed by atoms with Crippen molar-refractivity contribution in [1.29, 1.82) is 0 Å². The van der Waals surface area contributed by atoms with Crippen LogP contribution in [0.4, 0.5) is 4.79 Å². The summed E-state index contributed by atoms with van der Waals surface area (Å²) in [6, 6.07) is 13.7. The first-order valence-corrected chi connectivity index (χ1v) is 9.14. The van der Waals surface area contributed by atoms with Gasteiger partial charge >= 0.3 is 6.09 Å². The Morgan fingerprint density at radius 3 is 2.77 bits per heavy atom. The molecule has 1 aliphatic rings. The van der Waals surface area contributed by atoms with Gasteiger partial charge in [0.2, 0.25) is 0 Å². The van der Waals surface area contributed by atoms with Crippen molar-refractivity contribution >= 4 is 17.4 Å². The summed E-state index contributed by atoms with van der Waals surface area (Å²) in [6.45, 7) is 0.752. The first-order valence-electron chi connectivity index (χ1n) is 8.26. The lowest BCUT2D eigenvalue weighted by molar-refractivity contribution is 0.145. The summed E-state index contributed by atoms with van der Waals surface area (Å²) < 4.78 is 6.11. The van der Waals surface area contributed by atoms with E-state index in [9.17, 15) is 9.90 Å². The summed E-state index contributed by atoms with van der Waals surface area (Å²) in [5.41, 5.74) is 2.81. The lowest BCUT2D eigenvalue weighted by Gasteiger charge is -2.18. The zero-order valence-corrected chi connectivity index (χ0v) is 14.7. The van der Waals surface area contributed by atoms with Gasteiger partial charge in [-0.15, -0.1) is 0 Å². The average molecular weight is 367 g/mol. The van der Waals surface area contributed by atoms with Crippen molar-refractivity contribution in [2.45, 2.75) is 12.0 Å². The quantitative estimate of drug-likeness (QED) is 0.760. The summed E-state index contributed by atoms with van der Waals surface area (Å²) >= 11 is 1.41. The van der Waals surface area contributed by atoms with Crippen molar-refractivity contribution in [2.24, 2.45) is 0 Å². The van der Waals surface area contributed by atoms with Crippen LogP contribution in [0, 0.1) is 0 Å². The van der Waals surface area contributed by atoms with Gasteiger partial charge in [0.25, 0.3) is 5.19 Å². The molecule has 0 radical (unpaired) electrons. The van der Waals surface area contributed by atoms with Gasteiger partial charge in [0.05, 0.1) is 12.2 Å². The largest absolute Gasteiger partial charge is 0.465 e. The molecular formula is C19H17N3O3S. The van der Waals surface area contributed by atoms with E-state index in [-0.39, 0.29) is 12.0 Å². The maximum atomic E-state index is 11.4. The second kappa shape index (κ2) is 7.13. The Kier molecular flexibility index (Phi) is 4.53. The number of carbonyl (C=O) groups is 1. The van der Waals surface area contributed by atoms with Gasteiger partial charge < -0.3 is 14.7 Å². The van der Waals surface area contributed by atoms with Crippen molar-refractivity contribution < 1.29 is 14.6 Å². The number of rotatable bonds is 4. The number of nitrogens with zero attached hydrogens (tertiary/aromatic N) is 3. The molecule has 4 rings (SSSR count). The number of amides is 1. The Morgan fingerprint density at radius 1 is 1.19 bits per heavy atom. The molecule has 0 saturated carbocycles. The second-order valence-corrected chi connectivity index (χ2v) is 6.92. The summed E-state index contributed by atoms with van der Waals surface area (Å²) in [4.78, 5) is 21.5. The van der Waals surface area contributed by atoms with Crippen LogP contribution in [0.15, 0.2) is 60.2 Å². The summed E-state index contributed by atoms with van der Waals surface area (Å²) in [6.07, 6.45) is 2.29. The van der Waals surface area contributed by atoms with Crippen LogP contribution in [0.5, 0.6) is 5.19 Å². The number of benzene rings is 1. The number of aromatic nitrogens is 2. The summed E-state index contributed by atoms with van der Waals surface area (Å²) in [5, 5.41) is 11.8. The van der Waals surface area contributed by atoms with Crippen molar-refractivity contribution in [1.82, 2.24) is 14.9 Å². The van der Waals surface area contributed by atoms with Crippen molar-refractivity contribution in [3.63, 3.8) is 0 Å². The molecule has 6 nitrogen and oxygen atoms in total. The lowest BCUT2D eigenvalue weighted by atomic mass is 9.96. The molecule has 0 unspecified atom stereocenters. The van der Waals surface area contributed by atoms with Gasteiger partial charge in [-0.25, -0.2) is 9.78 Å². The number of pyridine rings is 1. The number of hydrogen-bond donors (Lipinski definition) is 1. The highest BCUT2D eigenvalue weighted by Crippen LogP contribution is 2.33. The Balaban J connectivity index is 1.55. The predicted octanol–water partition coefficient (Wildman–Crippen LogP) is 3.73. The minimum atomic E-state index is -0.924. The van der Waals surface area contributed by atoms with Crippen LogP contribution >= 0.6 is 11.3 Å². The van der Waals surface area contributed by atoms with Crippen molar-refractivity contribution in [3.8, 4) is 16.5 Å². The fourth-order valence-electron chi connectivity index (χ4n) is 3.16. The van der Waals surface area contributed by atoms with Crippen LogP contribution in [0.25, 0.3) is 11.3 Å². The topological polar surface area (TPSA) is 75.5 Å². The Bertz CT molecular complexity index is 885. The molecule has 7 heteroatoms. The van der Waals surface area contributed by atoms with Crippen molar-refractivity contribution in [3.05, 3.63) is 65.8 Å². The van der Waals surface area contributed by atoms with Crippen LogP contribution in [0.2, 0.25) is 0 Å². The minimum Gasteiger partial charge on any atom is -0.465 e. The van der Waals surface area contributed by atoms with Crippen LogP contribution < -0.4 is 4.74 Å². The van der Waals surface area contributed by atoms with Gasteiger partial charge in [-0.1, -0.05) is 41.7 Å². The molecule has 2 aromatic heterocycles.